The predicted molar refractivity (Wildman–Crippen MR) is 112 cm³/mol. The molecule has 0 saturated heterocycles. The molecule has 30 heavy (non-hydrogen) atoms. The fourth-order valence-electron chi connectivity index (χ4n) is 2.27. The number of anilines is 2. The average molecular weight is 454 g/mol. The Kier molecular flexibility index (Phi) is 8.57. The van der Waals surface area contributed by atoms with Crippen LogP contribution in [-0.4, -0.2) is 29.3 Å². The monoisotopic (exact) mass is 453 g/mol. The van der Waals surface area contributed by atoms with Crippen LogP contribution >= 0.6 is 23.2 Å². The summed E-state index contributed by atoms with van der Waals surface area (Å²) in [5.74, 6) is -1.52. The number of esters is 1. The van der Waals surface area contributed by atoms with Crippen molar-refractivity contribution in [3.05, 3.63) is 62.6 Å². The standard InChI is InChI=1S/C19H17Cl2N3O6/c20-15-9-6-13(10-16(15)21)23-18(26)11-30-19(27)3-1-2-17(25)22-12-4-7-14(8-5-12)24(28)29/h4-10H,1-3,11H2,(H,22,25)(H,23,26). The molecule has 9 nitrogen and oxygen atoms in total. The molecule has 0 fully saturated rings. The maximum absolute atomic E-state index is 11.9. The summed E-state index contributed by atoms with van der Waals surface area (Å²) in [7, 11) is 0. The third-order valence-corrected chi connectivity index (χ3v) is 4.45. The van der Waals surface area contributed by atoms with Gasteiger partial charge in [-0.1, -0.05) is 23.2 Å². The molecule has 0 unspecified atom stereocenters. The normalized spacial score (nSPS) is 10.2. The number of halogens is 2. The first-order valence-electron chi connectivity index (χ1n) is 8.69. The van der Waals surface area contributed by atoms with Gasteiger partial charge in [0.15, 0.2) is 6.61 Å². The summed E-state index contributed by atoms with van der Waals surface area (Å²) in [6.45, 7) is -0.478. The van der Waals surface area contributed by atoms with Crippen LogP contribution in [0.3, 0.4) is 0 Å². The highest BCUT2D eigenvalue weighted by Crippen LogP contribution is 2.24. The molecule has 0 saturated carbocycles. The first-order valence-corrected chi connectivity index (χ1v) is 9.45. The molecule has 0 spiro atoms. The number of carbonyl (C=O) groups excluding carboxylic acids is 3. The van der Waals surface area contributed by atoms with E-state index in [1.54, 1.807) is 6.07 Å². The topological polar surface area (TPSA) is 128 Å². The zero-order valence-electron chi connectivity index (χ0n) is 15.5. The lowest BCUT2D eigenvalue weighted by Crippen LogP contribution is -2.21. The summed E-state index contributed by atoms with van der Waals surface area (Å²) >= 11 is 11.6. The molecule has 2 aromatic carbocycles. The van der Waals surface area contributed by atoms with E-state index >= 15 is 0 Å². The molecule has 2 rings (SSSR count). The fraction of sp³-hybridized carbons (Fsp3) is 0.211. The summed E-state index contributed by atoms with van der Waals surface area (Å²) in [4.78, 5) is 45.4. The molecule has 0 aliphatic heterocycles. The average Bonchev–Trinajstić information content (AvgIpc) is 2.69. The van der Waals surface area contributed by atoms with E-state index in [2.05, 4.69) is 10.6 Å². The molecule has 0 atom stereocenters. The van der Waals surface area contributed by atoms with Crippen LogP contribution in [-0.2, 0) is 19.1 Å². The van der Waals surface area contributed by atoms with Gasteiger partial charge in [-0.2, -0.15) is 0 Å². The molecule has 11 heteroatoms. The molecule has 0 aromatic heterocycles. The number of nitro groups is 1. The van der Waals surface area contributed by atoms with Gasteiger partial charge in [0, 0.05) is 36.3 Å². The Labute approximate surface area is 181 Å². The number of nitrogens with one attached hydrogen (secondary N) is 2. The summed E-state index contributed by atoms with van der Waals surface area (Å²) in [5, 5.41) is 16.3. The Morgan fingerprint density at radius 3 is 2.17 bits per heavy atom. The zero-order chi connectivity index (χ0) is 22.1. The lowest BCUT2D eigenvalue weighted by atomic mass is 10.2. The summed E-state index contributed by atoms with van der Waals surface area (Å²) in [6, 6.07) is 9.91. The molecular formula is C19H17Cl2N3O6. The van der Waals surface area contributed by atoms with Crippen LogP contribution in [0.1, 0.15) is 19.3 Å². The van der Waals surface area contributed by atoms with Gasteiger partial charge in [-0.3, -0.25) is 24.5 Å². The van der Waals surface area contributed by atoms with Crippen LogP contribution in [0.4, 0.5) is 17.1 Å². The van der Waals surface area contributed by atoms with Gasteiger partial charge in [-0.05, 0) is 36.8 Å². The summed E-state index contributed by atoms with van der Waals surface area (Å²) in [5.41, 5.74) is 0.736. The van der Waals surface area contributed by atoms with Gasteiger partial charge in [0.1, 0.15) is 0 Å². The predicted octanol–water partition coefficient (Wildman–Crippen LogP) is 4.19. The lowest BCUT2D eigenvalue weighted by Gasteiger charge is -2.08. The van der Waals surface area contributed by atoms with Crippen molar-refractivity contribution in [3.8, 4) is 0 Å². The Morgan fingerprint density at radius 2 is 1.53 bits per heavy atom. The molecule has 2 aromatic rings. The SMILES string of the molecule is O=C(CCCC(=O)OCC(=O)Nc1ccc(Cl)c(Cl)c1)Nc1ccc([N+](=O)[O-])cc1. The van der Waals surface area contributed by atoms with Crippen LogP contribution in [0.25, 0.3) is 0 Å². The van der Waals surface area contributed by atoms with Crippen molar-refractivity contribution in [2.45, 2.75) is 19.3 Å². The van der Waals surface area contributed by atoms with Crippen LogP contribution < -0.4 is 10.6 Å². The number of carbonyl (C=O) groups is 3. The van der Waals surface area contributed by atoms with Gasteiger partial charge >= 0.3 is 5.97 Å². The molecular weight excluding hydrogens is 437 g/mol. The Balaban J connectivity index is 1.65. The van der Waals surface area contributed by atoms with Gasteiger partial charge in [-0.25, -0.2) is 0 Å². The number of ether oxygens (including phenoxy) is 1. The second-order valence-corrected chi connectivity index (χ2v) is 6.86. The second kappa shape index (κ2) is 11.1. The highest BCUT2D eigenvalue weighted by molar-refractivity contribution is 6.42. The molecule has 0 radical (unpaired) electrons. The van der Waals surface area contributed by atoms with E-state index in [9.17, 15) is 24.5 Å². The smallest absolute Gasteiger partial charge is 0.306 e. The first-order chi connectivity index (χ1) is 14.2. The van der Waals surface area contributed by atoms with Crippen molar-refractivity contribution in [1.29, 1.82) is 0 Å². The minimum atomic E-state index is -0.623. The van der Waals surface area contributed by atoms with Crippen molar-refractivity contribution in [2.75, 3.05) is 17.2 Å². The van der Waals surface area contributed by atoms with Gasteiger partial charge in [-0.15, -0.1) is 0 Å². The Bertz CT molecular complexity index is 950. The van der Waals surface area contributed by atoms with Gasteiger partial charge in [0.2, 0.25) is 5.91 Å². The highest BCUT2D eigenvalue weighted by Gasteiger charge is 2.11. The molecule has 2 N–H and O–H groups in total. The third-order valence-electron chi connectivity index (χ3n) is 3.71. The summed E-state index contributed by atoms with van der Waals surface area (Å²) in [6.07, 6.45) is 0.210. The van der Waals surface area contributed by atoms with Crippen molar-refractivity contribution in [3.63, 3.8) is 0 Å². The molecule has 2 amide bonds. The third kappa shape index (κ3) is 7.69. The largest absolute Gasteiger partial charge is 0.456 e. The van der Waals surface area contributed by atoms with Crippen LogP contribution in [0.15, 0.2) is 42.5 Å². The van der Waals surface area contributed by atoms with E-state index in [-0.39, 0.29) is 35.9 Å². The zero-order valence-corrected chi connectivity index (χ0v) is 17.0. The number of nitro benzene ring substituents is 1. The van der Waals surface area contributed by atoms with Gasteiger partial charge in [0.05, 0.1) is 15.0 Å². The molecule has 0 bridgehead atoms. The lowest BCUT2D eigenvalue weighted by molar-refractivity contribution is -0.384. The number of benzene rings is 2. The Morgan fingerprint density at radius 1 is 0.900 bits per heavy atom. The minimum Gasteiger partial charge on any atom is -0.456 e. The molecule has 0 aliphatic rings. The summed E-state index contributed by atoms with van der Waals surface area (Å²) < 4.78 is 4.86. The number of hydrogen-bond donors (Lipinski definition) is 2. The maximum Gasteiger partial charge on any atom is 0.306 e. The number of non-ortho nitro benzene ring substituents is 1. The molecule has 0 aliphatic carbocycles. The van der Waals surface area contributed by atoms with Gasteiger partial charge in [0.25, 0.3) is 11.6 Å². The van der Waals surface area contributed by atoms with E-state index in [4.69, 9.17) is 27.9 Å². The number of hydrogen-bond acceptors (Lipinski definition) is 6. The molecule has 158 valence electrons. The van der Waals surface area contributed by atoms with Gasteiger partial charge < -0.3 is 15.4 Å². The van der Waals surface area contributed by atoms with Crippen molar-refractivity contribution in [2.24, 2.45) is 0 Å². The number of rotatable bonds is 9. The van der Waals surface area contributed by atoms with Crippen molar-refractivity contribution < 1.29 is 24.0 Å². The van der Waals surface area contributed by atoms with Crippen LogP contribution in [0.2, 0.25) is 10.0 Å². The van der Waals surface area contributed by atoms with Crippen LogP contribution in [0.5, 0.6) is 0 Å². The fourth-order valence-corrected chi connectivity index (χ4v) is 2.57. The minimum absolute atomic E-state index is 0.0432. The van der Waals surface area contributed by atoms with E-state index in [1.807, 2.05) is 0 Å². The van der Waals surface area contributed by atoms with E-state index in [1.165, 1.54) is 36.4 Å². The Hall–Kier alpha value is -3.17. The first kappa shape index (κ1) is 23.1. The number of amides is 2. The second-order valence-electron chi connectivity index (χ2n) is 6.04. The van der Waals surface area contributed by atoms with Crippen LogP contribution in [0, 0.1) is 10.1 Å². The van der Waals surface area contributed by atoms with E-state index in [0.29, 0.717) is 16.4 Å². The maximum atomic E-state index is 11.9. The van der Waals surface area contributed by atoms with E-state index < -0.39 is 23.4 Å². The highest BCUT2D eigenvalue weighted by atomic mass is 35.5. The van der Waals surface area contributed by atoms with Crippen molar-refractivity contribution in [1.82, 2.24) is 0 Å². The number of nitrogens with zero attached hydrogens (tertiary/aromatic N) is 1. The van der Waals surface area contributed by atoms with Crippen molar-refractivity contribution >= 4 is 58.0 Å². The van der Waals surface area contributed by atoms with E-state index in [0.717, 1.165) is 0 Å². The molecule has 0 heterocycles. The quantitative estimate of drug-likeness (QED) is 0.332.